The van der Waals surface area contributed by atoms with Crippen molar-refractivity contribution in [2.45, 2.75) is 18.5 Å². The van der Waals surface area contributed by atoms with Crippen molar-refractivity contribution in [2.75, 3.05) is 17.3 Å². The Morgan fingerprint density at radius 1 is 0.929 bits per heavy atom. The number of fused-ring (bicyclic) bond motifs is 4. The van der Waals surface area contributed by atoms with Crippen LogP contribution in [-0.4, -0.2) is 40.9 Å². The Morgan fingerprint density at radius 2 is 1.64 bits per heavy atom. The zero-order chi connectivity index (χ0) is 29.0. The Balaban J connectivity index is 1.23. The number of aromatic nitrogens is 1. The maximum atomic E-state index is 14.1. The lowest BCUT2D eigenvalue weighted by Crippen LogP contribution is -2.44. The Kier molecular flexibility index (Phi) is 6.00. The molecule has 0 spiro atoms. The Hall–Kier alpha value is -5.44. The fraction of sp³-hybridized carbons (Fsp3) is 0.121. The number of hydrogen-bond donors (Lipinski definition) is 2. The molecule has 0 radical (unpaired) electrons. The molecule has 2 N–H and O–H groups in total. The first-order valence-corrected chi connectivity index (χ1v) is 13.5. The third-order valence-corrected chi connectivity index (χ3v) is 7.97. The van der Waals surface area contributed by atoms with Gasteiger partial charge in [0.25, 0.3) is 11.8 Å². The number of para-hydroxylation sites is 1. The van der Waals surface area contributed by atoms with Crippen molar-refractivity contribution in [3.63, 3.8) is 0 Å². The number of nitrogens with zero attached hydrogens (tertiary/aromatic N) is 2. The van der Waals surface area contributed by atoms with Gasteiger partial charge in [0, 0.05) is 34.3 Å². The molecule has 7 rings (SSSR count). The van der Waals surface area contributed by atoms with Crippen LogP contribution < -0.4 is 15.0 Å². The third kappa shape index (κ3) is 4.09. The van der Waals surface area contributed by atoms with E-state index in [2.05, 4.69) is 10.3 Å². The molecule has 1 unspecified atom stereocenters. The van der Waals surface area contributed by atoms with Crippen molar-refractivity contribution in [1.82, 2.24) is 9.88 Å². The zero-order valence-corrected chi connectivity index (χ0v) is 22.5. The van der Waals surface area contributed by atoms with Gasteiger partial charge in [-0.25, -0.2) is 14.1 Å². The van der Waals surface area contributed by atoms with Gasteiger partial charge in [-0.1, -0.05) is 30.3 Å². The fourth-order valence-electron chi connectivity index (χ4n) is 5.94. The molecule has 9 heteroatoms. The number of anilines is 2. The number of methoxy groups -OCH3 is 1. The third-order valence-electron chi connectivity index (χ3n) is 7.97. The Morgan fingerprint density at radius 3 is 2.36 bits per heavy atom. The van der Waals surface area contributed by atoms with Gasteiger partial charge >= 0.3 is 6.03 Å². The number of hydrogen-bond acceptors (Lipinski definition) is 4. The summed E-state index contributed by atoms with van der Waals surface area (Å²) < 4.78 is 18.6. The van der Waals surface area contributed by atoms with E-state index in [9.17, 15) is 18.8 Å². The number of benzene rings is 4. The van der Waals surface area contributed by atoms with Crippen LogP contribution in [0.3, 0.4) is 0 Å². The lowest BCUT2D eigenvalue weighted by Gasteiger charge is -2.36. The highest BCUT2D eigenvalue weighted by Gasteiger charge is 2.53. The van der Waals surface area contributed by atoms with Crippen LogP contribution in [-0.2, 0) is 11.2 Å². The summed E-state index contributed by atoms with van der Waals surface area (Å²) in [7, 11) is 1.60. The monoisotopic (exact) mass is 560 g/mol. The summed E-state index contributed by atoms with van der Waals surface area (Å²) in [6, 6.07) is 25.6. The molecule has 2 aliphatic rings. The smallest absolute Gasteiger partial charge is 0.332 e. The largest absolute Gasteiger partial charge is 0.497 e. The Bertz CT molecular complexity index is 1850. The van der Waals surface area contributed by atoms with E-state index in [1.165, 1.54) is 29.2 Å². The summed E-state index contributed by atoms with van der Waals surface area (Å²) in [4.78, 5) is 47.1. The van der Waals surface area contributed by atoms with E-state index in [0.29, 0.717) is 29.1 Å². The summed E-state index contributed by atoms with van der Waals surface area (Å²) in [5, 5.41) is 3.74. The zero-order valence-electron chi connectivity index (χ0n) is 22.5. The van der Waals surface area contributed by atoms with Crippen LogP contribution in [0.25, 0.3) is 10.9 Å². The van der Waals surface area contributed by atoms with Crippen molar-refractivity contribution < 1.29 is 23.5 Å². The Labute approximate surface area is 240 Å². The minimum atomic E-state index is -0.697. The number of aromatic amines is 1. The predicted octanol–water partition coefficient (Wildman–Crippen LogP) is 6.05. The molecule has 4 amide bonds. The molecule has 0 saturated carbocycles. The highest BCUT2D eigenvalue weighted by Crippen LogP contribution is 2.45. The predicted molar refractivity (Wildman–Crippen MR) is 156 cm³/mol. The first-order chi connectivity index (χ1) is 20.4. The number of carbonyl (C=O) groups is 3. The van der Waals surface area contributed by atoms with Gasteiger partial charge in [0.05, 0.1) is 12.8 Å². The summed E-state index contributed by atoms with van der Waals surface area (Å²) in [6.45, 7) is 0. The molecule has 5 aromatic rings. The maximum absolute atomic E-state index is 14.1. The number of carbonyl (C=O) groups excluding carboxylic acids is 3. The lowest BCUT2D eigenvalue weighted by atomic mass is 9.89. The van der Waals surface area contributed by atoms with Crippen LogP contribution in [0.4, 0.5) is 20.6 Å². The molecule has 1 saturated heterocycles. The average molecular weight is 561 g/mol. The first-order valence-electron chi connectivity index (χ1n) is 13.5. The average Bonchev–Trinajstić information content (AvgIpc) is 3.51. The SMILES string of the molecule is COc1ccc(C2c3[nH]c4ccccc4c3C[C@H]3C(=O)N(c4ccc(C(=O)Nc5ccc(F)cc5)cc4)C(=O)N23)cc1. The second kappa shape index (κ2) is 9.88. The minimum absolute atomic E-state index is 0.321. The number of amides is 4. The van der Waals surface area contributed by atoms with Crippen LogP contribution in [0.1, 0.15) is 33.2 Å². The summed E-state index contributed by atoms with van der Waals surface area (Å²) in [6.07, 6.45) is 0.380. The molecule has 2 atom stereocenters. The van der Waals surface area contributed by atoms with E-state index in [0.717, 1.165) is 27.7 Å². The van der Waals surface area contributed by atoms with Crippen LogP contribution >= 0.6 is 0 Å². The van der Waals surface area contributed by atoms with Gasteiger partial charge in [-0.3, -0.25) is 14.5 Å². The second-order valence-electron chi connectivity index (χ2n) is 10.3. The number of urea groups is 1. The van der Waals surface area contributed by atoms with Gasteiger partial charge in [0.15, 0.2) is 0 Å². The minimum Gasteiger partial charge on any atom is -0.497 e. The van der Waals surface area contributed by atoms with Crippen LogP contribution in [0.2, 0.25) is 0 Å². The van der Waals surface area contributed by atoms with E-state index in [1.807, 2.05) is 48.5 Å². The fourth-order valence-corrected chi connectivity index (χ4v) is 5.94. The van der Waals surface area contributed by atoms with Gasteiger partial charge in [-0.05, 0) is 77.9 Å². The van der Waals surface area contributed by atoms with Crippen molar-refractivity contribution >= 4 is 40.1 Å². The molecule has 0 aliphatic carbocycles. The quantitative estimate of drug-likeness (QED) is 0.256. The maximum Gasteiger partial charge on any atom is 0.332 e. The van der Waals surface area contributed by atoms with Crippen molar-refractivity contribution in [2.24, 2.45) is 0 Å². The van der Waals surface area contributed by atoms with E-state index in [4.69, 9.17) is 4.74 Å². The molecule has 8 nitrogen and oxygen atoms in total. The number of rotatable bonds is 5. The van der Waals surface area contributed by atoms with Crippen LogP contribution in [0, 0.1) is 5.82 Å². The van der Waals surface area contributed by atoms with Gasteiger partial charge in [0.2, 0.25) is 0 Å². The van der Waals surface area contributed by atoms with E-state index in [1.54, 1.807) is 36.3 Å². The normalized spacial score (nSPS) is 17.8. The number of halogens is 1. The highest BCUT2D eigenvalue weighted by atomic mass is 19.1. The van der Waals surface area contributed by atoms with Gasteiger partial charge in [0.1, 0.15) is 23.7 Å². The topological polar surface area (TPSA) is 94.7 Å². The summed E-state index contributed by atoms with van der Waals surface area (Å²) in [5.41, 5.74) is 4.86. The molecule has 208 valence electrons. The number of H-pyrrole nitrogens is 1. The highest BCUT2D eigenvalue weighted by molar-refractivity contribution is 6.22. The van der Waals surface area contributed by atoms with E-state index >= 15 is 0 Å². The molecule has 1 fully saturated rings. The molecular formula is C33H25FN4O4. The summed E-state index contributed by atoms with van der Waals surface area (Å²) in [5.74, 6) is -0.423. The molecule has 4 aromatic carbocycles. The van der Waals surface area contributed by atoms with E-state index < -0.39 is 29.8 Å². The molecule has 1 aromatic heterocycles. The molecule has 2 aliphatic heterocycles. The molecule has 42 heavy (non-hydrogen) atoms. The van der Waals surface area contributed by atoms with Crippen molar-refractivity contribution in [1.29, 1.82) is 0 Å². The molecule has 0 bridgehead atoms. The van der Waals surface area contributed by atoms with E-state index in [-0.39, 0.29) is 5.91 Å². The molecule has 3 heterocycles. The van der Waals surface area contributed by atoms with Crippen molar-refractivity contribution in [3.05, 3.63) is 125 Å². The van der Waals surface area contributed by atoms with Crippen LogP contribution in [0.5, 0.6) is 5.75 Å². The number of ether oxygens (including phenoxy) is 1. The lowest BCUT2D eigenvalue weighted by molar-refractivity contribution is -0.120. The van der Waals surface area contributed by atoms with Gasteiger partial charge in [-0.2, -0.15) is 0 Å². The standard InChI is InChI=1S/C33H25FN4O4/c1-42-24-16-8-19(9-17-24)30-29-26(25-4-2-3-5-27(25)36-29)18-28-32(40)37(33(41)38(28)30)23-14-6-20(7-15-23)31(39)35-22-12-10-21(34)11-13-22/h2-17,28,30,36H,18H2,1H3,(H,35,39)/t28-,30?/m0/s1. The second-order valence-corrected chi connectivity index (χ2v) is 10.3. The molecular weight excluding hydrogens is 535 g/mol. The van der Waals surface area contributed by atoms with Gasteiger partial charge in [-0.15, -0.1) is 0 Å². The van der Waals surface area contributed by atoms with Gasteiger partial charge < -0.3 is 15.0 Å². The first kappa shape index (κ1) is 25.5. The van der Waals surface area contributed by atoms with Crippen molar-refractivity contribution in [3.8, 4) is 5.75 Å². The van der Waals surface area contributed by atoms with Crippen LogP contribution in [0.15, 0.2) is 97.1 Å². The number of imide groups is 1. The summed E-state index contributed by atoms with van der Waals surface area (Å²) >= 11 is 0. The number of nitrogens with one attached hydrogen (secondary N) is 2.